The number of ketones is 1. The van der Waals surface area contributed by atoms with Crippen LogP contribution in [-0.4, -0.2) is 18.5 Å². The highest BCUT2D eigenvalue weighted by molar-refractivity contribution is 5.88. The quantitative estimate of drug-likeness (QED) is 0.633. The SMILES string of the molecule is CCOC1CC(=O)C1C(C)(C)C. The average molecular weight is 170 g/mol. The zero-order valence-electron chi connectivity index (χ0n) is 8.39. The van der Waals surface area contributed by atoms with Crippen LogP contribution in [0.25, 0.3) is 0 Å². The van der Waals surface area contributed by atoms with E-state index in [1.54, 1.807) is 0 Å². The van der Waals surface area contributed by atoms with Crippen LogP contribution in [0.4, 0.5) is 0 Å². The molecule has 0 heterocycles. The molecule has 0 amide bonds. The third-order valence-electron chi connectivity index (χ3n) is 2.43. The number of Topliss-reactive ketones (excluding diaryl/α,β-unsaturated/α-hetero) is 1. The van der Waals surface area contributed by atoms with E-state index in [2.05, 4.69) is 20.8 Å². The van der Waals surface area contributed by atoms with Crippen molar-refractivity contribution in [2.45, 2.75) is 40.2 Å². The molecule has 0 aromatic rings. The van der Waals surface area contributed by atoms with Crippen LogP contribution in [0.15, 0.2) is 0 Å². The van der Waals surface area contributed by atoms with Gasteiger partial charge >= 0.3 is 0 Å². The highest BCUT2D eigenvalue weighted by Gasteiger charge is 2.47. The molecule has 70 valence electrons. The highest BCUT2D eigenvalue weighted by atomic mass is 16.5. The first kappa shape index (κ1) is 9.72. The molecule has 2 heteroatoms. The zero-order chi connectivity index (χ0) is 9.35. The molecule has 1 fully saturated rings. The van der Waals surface area contributed by atoms with Gasteiger partial charge < -0.3 is 4.74 Å². The molecule has 0 aromatic heterocycles. The second kappa shape index (κ2) is 3.17. The van der Waals surface area contributed by atoms with Gasteiger partial charge in [-0.3, -0.25) is 4.79 Å². The van der Waals surface area contributed by atoms with Crippen LogP contribution in [-0.2, 0) is 9.53 Å². The van der Waals surface area contributed by atoms with Gasteiger partial charge in [-0.15, -0.1) is 0 Å². The molecule has 0 radical (unpaired) electrons. The van der Waals surface area contributed by atoms with E-state index in [4.69, 9.17) is 4.74 Å². The van der Waals surface area contributed by atoms with Crippen LogP contribution in [0.2, 0.25) is 0 Å². The Kier molecular flexibility index (Phi) is 2.57. The molecule has 2 atom stereocenters. The first-order valence-corrected chi connectivity index (χ1v) is 4.61. The maximum atomic E-state index is 11.3. The lowest BCUT2D eigenvalue weighted by atomic mass is 9.65. The van der Waals surface area contributed by atoms with Crippen LogP contribution in [0.5, 0.6) is 0 Å². The number of ether oxygens (including phenoxy) is 1. The predicted octanol–water partition coefficient (Wildman–Crippen LogP) is 2.03. The van der Waals surface area contributed by atoms with Crippen LogP contribution in [0.3, 0.4) is 0 Å². The third kappa shape index (κ3) is 1.69. The largest absolute Gasteiger partial charge is 0.377 e. The van der Waals surface area contributed by atoms with Gasteiger partial charge in [0, 0.05) is 18.9 Å². The van der Waals surface area contributed by atoms with Crippen molar-refractivity contribution >= 4 is 5.78 Å². The molecular formula is C10H18O2. The Morgan fingerprint density at radius 1 is 1.50 bits per heavy atom. The van der Waals surface area contributed by atoms with Gasteiger partial charge in [-0.25, -0.2) is 0 Å². The lowest BCUT2D eigenvalue weighted by Crippen LogP contribution is -2.50. The molecule has 2 unspecified atom stereocenters. The Morgan fingerprint density at radius 3 is 2.42 bits per heavy atom. The van der Waals surface area contributed by atoms with E-state index in [1.165, 1.54) is 0 Å². The molecule has 0 bridgehead atoms. The molecule has 0 aliphatic heterocycles. The van der Waals surface area contributed by atoms with Crippen molar-refractivity contribution in [3.63, 3.8) is 0 Å². The van der Waals surface area contributed by atoms with E-state index in [0.29, 0.717) is 18.8 Å². The first-order chi connectivity index (χ1) is 5.46. The Bertz CT molecular complexity index is 179. The Morgan fingerprint density at radius 2 is 2.08 bits per heavy atom. The molecule has 0 spiro atoms. The van der Waals surface area contributed by atoms with Crippen LogP contribution in [0.1, 0.15) is 34.1 Å². The summed E-state index contributed by atoms with van der Waals surface area (Å²) in [5.74, 6) is 0.485. The number of hydrogen-bond acceptors (Lipinski definition) is 2. The van der Waals surface area contributed by atoms with Gasteiger partial charge in [-0.1, -0.05) is 20.8 Å². The molecule has 12 heavy (non-hydrogen) atoms. The van der Waals surface area contributed by atoms with E-state index < -0.39 is 0 Å². The summed E-state index contributed by atoms with van der Waals surface area (Å²) < 4.78 is 5.47. The highest BCUT2D eigenvalue weighted by Crippen LogP contribution is 2.40. The molecule has 0 saturated heterocycles. The van der Waals surface area contributed by atoms with Gasteiger partial charge in [0.2, 0.25) is 0 Å². The van der Waals surface area contributed by atoms with Crippen molar-refractivity contribution in [3.05, 3.63) is 0 Å². The third-order valence-corrected chi connectivity index (χ3v) is 2.43. The van der Waals surface area contributed by atoms with Gasteiger partial charge in [0.15, 0.2) is 0 Å². The topological polar surface area (TPSA) is 26.3 Å². The van der Waals surface area contributed by atoms with Crippen molar-refractivity contribution in [3.8, 4) is 0 Å². The van der Waals surface area contributed by atoms with E-state index in [9.17, 15) is 4.79 Å². The van der Waals surface area contributed by atoms with Crippen LogP contribution < -0.4 is 0 Å². The maximum absolute atomic E-state index is 11.3. The molecule has 0 aromatic carbocycles. The van der Waals surface area contributed by atoms with E-state index in [0.717, 1.165) is 0 Å². The van der Waals surface area contributed by atoms with Crippen molar-refractivity contribution in [1.82, 2.24) is 0 Å². The average Bonchev–Trinajstić information content (AvgIpc) is 1.82. The van der Waals surface area contributed by atoms with E-state index >= 15 is 0 Å². The van der Waals surface area contributed by atoms with E-state index in [-0.39, 0.29) is 17.4 Å². The summed E-state index contributed by atoms with van der Waals surface area (Å²) in [4.78, 5) is 11.3. The molecule has 1 aliphatic carbocycles. The number of carbonyl (C=O) groups excluding carboxylic acids is 1. The van der Waals surface area contributed by atoms with Crippen molar-refractivity contribution in [2.24, 2.45) is 11.3 Å². The second-order valence-corrected chi connectivity index (χ2v) is 4.51. The summed E-state index contributed by atoms with van der Waals surface area (Å²) in [6.07, 6.45) is 0.804. The minimum Gasteiger partial charge on any atom is -0.377 e. The molecule has 1 saturated carbocycles. The Labute approximate surface area is 74.3 Å². The molecular weight excluding hydrogens is 152 g/mol. The second-order valence-electron chi connectivity index (χ2n) is 4.51. The summed E-state index contributed by atoms with van der Waals surface area (Å²) in [5, 5.41) is 0. The minimum atomic E-state index is 0.0647. The normalized spacial score (nSPS) is 30.2. The zero-order valence-corrected chi connectivity index (χ0v) is 8.39. The van der Waals surface area contributed by atoms with Gasteiger partial charge in [-0.05, 0) is 12.3 Å². The Balaban J connectivity index is 2.56. The smallest absolute Gasteiger partial charge is 0.141 e. The van der Waals surface area contributed by atoms with Crippen LogP contribution in [0, 0.1) is 11.3 Å². The molecule has 2 nitrogen and oxygen atoms in total. The Hall–Kier alpha value is -0.370. The summed E-state index contributed by atoms with van der Waals surface area (Å²) in [6, 6.07) is 0. The van der Waals surface area contributed by atoms with Gasteiger partial charge in [0.25, 0.3) is 0 Å². The minimum absolute atomic E-state index is 0.0647. The summed E-state index contributed by atoms with van der Waals surface area (Å²) in [7, 11) is 0. The standard InChI is InChI=1S/C10H18O2/c1-5-12-8-6-7(11)9(8)10(2,3)4/h8-9H,5-6H2,1-4H3. The summed E-state index contributed by atoms with van der Waals surface area (Å²) in [6.45, 7) is 8.98. The van der Waals surface area contributed by atoms with Gasteiger partial charge in [0.05, 0.1) is 6.10 Å². The fourth-order valence-electron chi connectivity index (χ4n) is 1.90. The summed E-state index contributed by atoms with van der Waals surface area (Å²) in [5.41, 5.74) is 0.0647. The predicted molar refractivity (Wildman–Crippen MR) is 48.0 cm³/mol. The number of carbonyl (C=O) groups is 1. The first-order valence-electron chi connectivity index (χ1n) is 4.61. The number of hydrogen-bond donors (Lipinski definition) is 0. The van der Waals surface area contributed by atoms with Crippen molar-refractivity contribution in [2.75, 3.05) is 6.61 Å². The lowest BCUT2D eigenvalue weighted by Gasteiger charge is -2.42. The fraction of sp³-hybridized carbons (Fsp3) is 0.900. The van der Waals surface area contributed by atoms with Crippen LogP contribution >= 0.6 is 0 Å². The maximum Gasteiger partial charge on any atom is 0.141 e. The van der Waals surface area contributed by atoms with Gasteiger partial charge in [0.1, 0.15) is 5.78 Å². The molecule has 0 N–H and O–H groups in total. The van der Waals surface area contributed by atoms with Crippen molar-refractivity contribution < 1.29 is 9.53 Å². The number of rotatable bonds is 2. The summed E-state index contributed by atoms with van der Waals surface area (Å²) >= 11 is 0. The van der Waals surface area contributed by atoms with E-state index in [1.807, 2.05) is 6.92 Å². The molecule has 1 aliphatic rings. The van der Waals surface area contributed by atoms with Crippen molar-refractivity contribution in [1.29, 1.82) is 0 Å². The molecule has 1 rings (SSSR count). The van der Waals surface area contributed by atoms with Gasteiger partial charge in [-0.2, -0.15) is 0 Å². The fourth-order valence-corrected chi connectivity index (χ4v) is 1.90. The monoisotopic (exact) mass is 170 g/mol. The lowest BCUT2D eigenvalue weighted by molar-refractivity contribution is -0.153.